The van der Waals surface area contributed by atoms with E-state index in [1.807, 2.05) is 25.1 Å². The Morgan fingerprint density at radius 1 is 1.48 bits per heavy atom. The Morgan fingerprint density at radius 3 is 3.04 bits per heavy atom. The van der Waals surface area contributed by atoms with Crippen molar-refractivity contribution in [3.63, 3.8) is 0 Å². The Balaban J connectivity index is 1.87. The van der Waals surface area contributed by atoms with Crippen molar-refractivity contribution in [2.45, 2.75) is 42.8 Å². The van der Waals surface area contributed by atoms with Gasteiger partial charge in [0.1, 0.15) is 0 Å². The molecule has 146 valence electrons. The molecular weight excluding hydrogens is 366 g/mol. The molecule has 1 aromatic carbocycles. The maximum absolute atomic E-state index is 13.0. The lowest BCUT2D eigenvalue weighted by atomic mass is 10.2. The number of para-hydroxylation sites is 1. The second kappa shape index (κ2) is 9.34. The van der Waals surface area contributed by atoms with Crippen LogP contribution >= 0.6 is 11.8 Å². The lowest BCUT2D eigenvalue weighted by molar-refractivity contribution is -0.120. The number of methoxy groups -OCH3 is 1. The van der Waals surface area contributed by atoms with Crippen LogP contribution in [0.5, 0.6) is 0 Å². The molecule has 1 aromatic heterocycles. The maximum Gasteiger partial charge on any atom is 0.262 e. The summed E-state index contributed by atoms with van der Waals surface area (Å²) in [6, 6.07) is 7.29. The van der Waals surface area contributed by atoms with Gasteiger partial charge in [-0.15, -0.1) is 0 Å². The van der Waals surface area contributed by atoms with Crippen LogP contribution in [0.4, 0.5) is 0 Å². The molecule has 0 saturated carbocycles. The second-order valence-corrected chi connectivity index (χ2v) is 7.81. The molecule has 3 rings (SSSR count). The third kappa shape index (κ3) is 4.88. The summed E-state index contributed by atoms with van der Waals surface area (Å²) in [5.41, 5.74) is 0.547. The molecule has 1 amide bonds. The van der Waals surface area contributed by atoms with E-state index in [1.54, 1.807) is 17.7 Å². The van der Waals surface area contributed by atoms with Crippen LogP contribution in [0.25, 0.3) is 10.9 Å². The average Bonchev–Trinajstić information content (AvgIpc) is 3.18. The molecule has 7 nitrogen and oxygen atoms in total. The van der Waals surface area contributed by atoms with Gasteiger partial charge < -0.3 is 14.8 Å². The number of aromatic nitrogens is 2. The predicted octanol–water partition coefficient (Wildman–Crippen LogP) is 1.82. The van der Waals surface area contributed by atoms with E-state index in [-0.39, 0.29) is 22.8 Å². The zero-order chi connectivity index (χ0) is 19.2. The van der Waals surface area contributed by atoms with Crippen LogP contribution in [-0.2, 0) is 20.8 Å². The van der Waals surface area contributed by atoms with E-state index in [2.05, 4.69) is 10.3 Å². The van der Waals surface area contributed by atoms with Crippen molar-refractivity contribution >= 4 is 28.6 Å². The molecular formula is C19H25N3O4S. The Hall–Kier alpha value is -1.90. The maximum atomic E-state index is 13.0. The topological polar surface area (TPSA) is 82.5 Å². The second-order valence-electron chi connectivity index (χ2n) is 6.51. The highest BCUT2D eigenvalue weighted by molar-refractivity contribution is 8.00. The number of carbonyl (C=O) groups is 1. The number of nitrogens with zero attached hydrogens (tertiary/aromatic N) is 2. The van der Waals surface area contributed by atoms with Gasteiger partial charge in [-0.1, -0.05) is 23.9 Å². The fraction of sp³-hybridized carbons (Fsp3) is 0.526. The molecule has 0 aliphatic carbocycles. The summed E-state index contributed by atoms with van der Waals surface area (Å²) in [5, 5.41) is 3.57. The third-order valence-electron chi connectivity index (χ3n) is 4.49. The van der Waals surface area contributed by atoms with Crippen molar-refractivity contribution in [1.82, 2.24) is 14.9 Å². The van der Waals surface area contributed by atoms with Crippen molar-refractivity contribution < 1.29 is 14.3 Å². The SMILES string of the molecule is COCCNC(=O)[C@H](C)Sc1nc2ccccc2c(=O)n1C[C@H]1CCCO1. The molecule has 2 atom stereocenters. The van der Waals surface area contributed by atoms with Gasteiger partial charge in [0, 0.05) is 20.3 Å². The molecule has 1 saturated heterocycles. The number of hydrogen-bond donors (Lipinski definition) is 1. The molecule has 0 unspecified atom stereocenters. The van der Waals surface area contributed by atoms with Crippen molar-refractivity contribution in [2.24, 2.45) is 0 Å². The highest BCUT2D eigenvalue weighted by Gasteiger charge is 2.23. The molecule has 0 bridgehead atoms. The molecule has 1 fully saturated rings. The molecule has 2 aromatic rings. The summed E-state index contributed by atoms with van der Waals surface area (Å²) in [5.74, 6) is -0.108. The van der Waals surface area contributed by atoms with Crippen LogP contribution in [0.15, 0.2) is 34.2 Å². The standard InChI is InChI=1S/C19H25N3O4S/c1-13(17(23)20-9-11-25-2)27-19-21-16-8-4-3-7-15(16)18(24)22(19)12-14-6-5-10-26-14/h3-4,7-8,13-14H,5-6,9-12H2,1-2H3,(H,20,23)/t13-,14+/m0/s1. The highest BCUT2D eigenvalue weighted by Crippen LogP contribution is 2.24. The molecule has 1 N–H and O–H groups in total. The van der Waals surface area contributed by atoms with Gasteiger partial charge in [0.05, 0.1) is 35.4 Å². The van der Waals surface area contributed by atoms with E-state index in [4.69, 9.17) is 9.47 Å². The first-order valence-electron chi connectivity index (χ1n) is 9.14. The number of nitrogens with one attached hydrogen (secondary N) is 1. The van der Waals surface area contributed by atoms with Crippen molar-refractivity contribution in [2.75, 3.05) is 26.9 Å². The number of rotatable bonds is 8. The Kier molecular flexibility index (Phi) is 6.87. The van der Waals surface area contributed by atoms with Crippen molar-refractivity contribution in [3.8, 4) is 0 Å². The average molecular weight is 391 g/mol. The quantitative estimate of drug-likeness (QED) is 0.420. The normalized spacial score (nSPS) is 17.9. The molecule has 0 radical (unpaired) electrons. The fourth-order valence-electron chi connectivity index (χ4n) is 3.02. The number of benzene rings is 1. The number of thioether (sulfide) groups is 1. The summed E-state index contributed by atoms with van der Waals surface area (Å²) in [6.45, 7) is 3.90. The van der Waals surface area contributed by atoms with E-state index in [9.17, 15) is 9.59 Å². The minimum Gasteiger partial charge on any atom is -0.383 e. The van der Waals surface area contributed by atoms with E-state index in [0.29, 0.717) is 35.8 Å². The van der Waals surface area contributed by atoms with Gasteiger partial charge in [0.15, 0.2) is 5.16 Å². The highest BCUT2D eigenvalue weighted by atomic mass is 32.2. The van der Waals surface area contributed by atoms with Crippen LogP contribution in [0.3, 0.4) is 0 Å². The molecule has 8 heteroatoms. The summed E-state index contributed by atoms with van der Waals surface area (Å²) in [6.07, 6.45) is 1.94. The monoisotopic (exact) mass is 391 g/mol. The van der Waals surface area contributed by atoms with Crippen molar-refractivity contribution in [3.05, 3.63) is 34.6 Å². The van der Waals surface area contributed by atoms with Gasteiger partial charge in [-0.25, -0.2) is 4.98 Å². The first-order valence-corrected chi connectivity index (χ1v) is 10.0. The molecule has 1 aliphatic heterocycles. The molecule has 1 aliphatic rings. The number of fused-ring (bicyclic) bond motifs is 1. The number of amides is 1. The number of hydrogen-bond acceptors (Lipinski definition) is 6. The zero-order valence-corrected chi connectivity index (χ0v) is 16.5. The van der Waals surface area contributed by atoms with Crippen LogP contribution in [0, 0.1) is 0 Å². The van der Waals surface area contributed by atoms with Gasteiger partial charge >= 0.3 is 0 Å². The zero-order valence-electron chi connectivity index (χ0n) is 15.6. The summed E-state index contributed by atoms with van der Waals surface area (Å²) < 4.78 is 12.3. The Morgan fingerprint density at radius 2 is 2.30 bits per heavy atom. The fourth-order valence-corrected chi connectivity index (χ4v) is 3.96. The van der Waals surface area contributed by atoms with Gasteiger partial charge in [0.2, 0.25) is 5.91 Å². The van der Waals surface area contributed by atoms with Crippen LogP contribution in [-0.4, -0.2) is 53.7 Å². The Labute approximate surface area is 162 Å². The van der Waals surface area contributed by atoms with Crippen molar-refractivity contribution in [1.29, 1.82) is 0 Å². The van der Waals surface area contributed by atoms with E-state index < -0.39 is 0 Å². The lowest BCUT2D eigenvalue weighted by Crippen LogP contribution is -2.34. The smallest absolute Gasteiger partial charge is 0.262 e. The van der Waals surface area contributed by atoms with E-state index in [0.717, 1.165) is 19.4 Å². The summed E-state index contributed by atoms with van der Waals surface area (Å²) in [7, 11) is 1.59. The minimum atomic E-state index is -0.384. The number of ether oxygens (including phenoxy) is 2. The van der Waals surface area contributed by atoms with Crippen LogP contribution in [0.1, 0.15) is 19.8 Å². The van der Waals surface area contributed by atoms with Gasteiger partial charge in [-0.3, -0.25) is 14.2 Å². The van der Waals surface area contributed by atoms with Gasteiger partial charge in [-0.2, -0.15) is 0 Å². The molecule has 2 heterocycles. The van der Waals surface area contributed by atoms with E-state index >= 15 is 0 Å². The van der Waals surface area contributed by atoms with Crippen LogP contribution < -0.4 is 10.9 Å². The number of carbonyl (C=O) groups excluding carboxylic acids is 1. The van der Waals surface area contributed by atoms with Gasteiger partial charge in [0.25, 0.3) is 5.56 Å². The third-order valence-corrected chi connectivity index (χ3v) is 5.58. The van der Waals surface area contributed by atoms with Gasteiger partial charge in [-0.05, 0) is 31.9 Å². The first kappa shape index (κ1) is 19.9. The largest absolute Gasteiger partial charge is 0.383 e. The molecule has 27 heavy (non-hydrogen) atoms. The Bertz CT molecular complexity index is 848. The lowest BCUT2D eigenvalue weighted by Gasteiger charge is -2.18. The summed E-state index contributed by atoms with van der Waals surface area (Å²) >= 11 is 1.29. The minimum absolute atomic E-state index is 0.0100. The first-order chi connectivity index (χ1) is 13.1. The van der Waals surface area contributed by atoms with E-state index in [1.165, 1.54) is 11.8 Å². The summed E-state index contributed by atoms with van der Waals surface area (Å²) in [4.78, 5) is 30.0. The predicted molar refractivity (Wildman–Crippen MR) is 105 cm³/mol. The van der Waals surface area contributed by atoms with Crippen LogP contribution in [0.2, 0.25) is 0 Å². The molecule has 0 spiro atoms.